The lowest BCUT2D eigenvalue weighted by molar-refractivity contribution is 0.459. The molecule has 1 N–H and O–H groups in total. The fourth-order valence-corrected chi connectivity index (χ4v) is 2.86. The Hall–Kier alpha value is -1.16. The van der Waals surface area contributed by atoms with E-state index in [1.54, 1.807) is 6.07 Å². The highest BCUT2D eigenvalue weighted by Crippen LogP contribution is 2.25. The highest BCUT2D eigenvalue weighted by atomic mass is 19.1. The van der Waals surface area contributed by atoms with Gasteiger partial charge >= 0.3 is 0 Å². The van der Waals surface area contributed by atoms with Crippen LogP contribution in [0.2, 0.25) is 0 Å². The van der Waals surface area contributed by atoms with E-state index in [0.29, 0.717) is 6.54 Å². The van der Waals surface area contributed by atoms with Crippen LogP contribution < -0.4 is 10.2 Å². The maximum absolute atomic E-state index is 13.3. The van der Waals surface area contributed by atoms with Gasteiger partial charge in [0.25, 0.3) is 0 Å². The molecule has 1 aromatic heterocycles. The monoisotopic (exact) mass is 265 g/mol. The van der Waals surface area contributed by atoms with Crippen molar-refractivity contribution < 1.29 is 4.39 Å². The first-order chi connectivity index (χ1) is 9.24. The summed E-state index contributed by atoms with van der Waals surface area (Å²) in [6.07, 6.45) is 6.31. The Balaban J connectivity index is 2.16. The standard InChI is InChI=1S/C15H24FN3/c1-3-12-5-4-7-19(8-6-12)15-13(10-17-2)9-14(16)11-18-15/h9,11-12,17H,3-8,10H2,1-2H3. The molecule has 1 saturated heterocycles. The summed E-state index contributed by atoms with van der Waals surface area (Å²) < 4.78 is 13.3. The van der Waals surface area contributed by atoms with Crippen LogP contribution in [0.15, 0.2) is 12.3 Å². The highest BCUT2D eigenvalue weighted by molar-refractivity contribution is 5.47. The number of halogens is 1. The average Bonchev–Trinajstić information content (AvgIpc) is 2.65. The second-order valence-corrected chi connectivity index (χ2v) is 5.36. The van der Waals surface area contributed by atoms with Crippen molar-refractivity contribution >= 4 is 5.82 Å². The Kier molecular flexibility index (Phi) is 5.14. The minimum atomic E-state index is -0.254. The SMILES string of the molecule is CCC1CCCN(c2ncc(F)cc2CNC)CC1. The number of anilines is 1. The van der Waals surface area contributed by atoms with E-state index in [2.05, 4.69) is 22.1 Å². The van der Waals surface area contributed by atoms with Crippen molar-refractivity contribution in [1.82, 2.24) is 10.3 Å². The van der Waals surface area contributed by atoms with E-state index in [9.17, 15) is 4.39 Å². The number of hydrogen-bond donors (Lipinski definition) is 1. The first kappa shape index (κ1) is 14.3. The molecule has 0 bridgehead atoms. The molecule has 106 valence electrons. The number of nitrogens with zero attached hydrogens (tertiary/aromatic N) is 2. The van der Waals surface area contributed by atoms with Crippen molar-refractivity contribution in [3.05, 3.63) is 23.6 Å². The van der Waals surface area contributed by atoms with Gasteiger partial charge in [0.1, 0.15) is 11.6 Å². The van der Waals surface area contributed by atoms with Crippen molar-refractivity contribution in [2.24, 2.45) is 5.92 Å². The molecule has 1 atom stereocenters. The molecule has 0 saturated carbocycles. The number of pyridine rings is 1. The molecule has 0 aliphatic carbocycles. The molecule has 1 aromatic rings. The molecule has 0 spiro atoms. The zero-order valence-electron chi connectivity index (χ0n) is 12.0. The van der Waals surface area contributed by atoms with Crippen LogP contribution in [0.1, 0.15) is 38.2 Å². The van der Waals surface area contributed by atoms with Crippen LogP contribution in [0.4, 0.5) is 10.2 Å². The van der Waals surface area contributed by atoms with Gasteiger partial charge in [0.2, 0.25) is 0 Å². The van der Waals surface area contributed by atoms with Gasteiger partial charge in [-0.05, 0) is 38.3 Å². The summed E-state index contributed by atoms with van der Waals surface area (Å²) in [5.74, 6) is 1.53. The van der Waals surface area contributed by atoms with Crippen LogP contribution >= 0.6 is 0 Å². The molecule has 3 nitrogen and oxygen atoms in total. The Morgan fingerprint density at radius 2 is 2.26 bits per heavy atom. The Morgan fingerprint density at radius 3 is 3.00 bits per heavy atom. The maximum Gasteiger partial charge on any atom is 0.141 e. The molecule has 1 aliphatic rings. The van der Waals surface area contributed by atoms with Crippen molar-refractivity contribution in [3.8, 4) is 0 Å². The largest absolute Gasteiger partial charge is 0.356 e. The second kappa shape index (κ2) is 6.85. The predicted octanol–water partition coefficient (Wildman–Crippen LogP) is 2.96. The summed E-state index contributed by atoms with van der Waals surface area (Å²) in [6, 6.07) is 1.60. The summed E-state index contributed by atoms with van der Waals surface area (Å²) in [4.78, 5) is 6.65. The summed E-state index contributed by atoms with van der Waals surface area (Å²) in [6.45, 7) is 5.00. The minimum absolute atomic E-state index is 0.254. The van der Waals surface area contributed by atoms with E-state index < -0.39 is 0 Å². The van der Waals surface area contributed by atoms with E-state index >= 15 is 0 Å². The Morgan fingerprint density at radius 1 is 1.42 bits per heavy atom. The van der Waals surface area contributed by atoms with Gasteiger partial charge in [-0.1, -0.05) is 13.3 Å². The molecule has 0 aromatic carbocycles. The van der Waals surface area contributed by atoms with Gasteiger partial charge in [-0.25, -0.2) is 9.37 Å². The summed E-state index contributed by atoms with van der Waals surface area (Å²) >= 11 is 0. The lowest BCUT2D eigenvalue weighted by atomic mass is 9.98. The van der Waals surface area contributed by atoms with Gasteiger partial charge in [-0.3, -0.25) is 0 Å². The highest BCUT2D eigenvalue weighted by Gasteiger charge is 2.19. The molecular weight excluding hydrogens is 241 g/mol. The van der Waals surface area contributed by atoms with Crippen molar-refractivity contribution in [3.63, 3.8) is 0 Å². The van der Waals surface area contributed by atoms with Crippen molar-refractivity contribution in [2.45, 2.75) is 39.2 Å². The molecule has 4 heteroatoms. The summed E-state index contributed by atoms with van der Waals surface area (Å²) in [5, 5.41) is 3.09. The van der Waals surface area contributed by atoms with E-state index in [1.807, 2.05) is 7.05 Å². The van der Waals surface area contributed by atoms with Gasteiger partial charge in [-0.15, -0.1) is 0 Å². The van der Waals surface area contributed by atoms with Crippen LogP contribution in [0.25, 0.3) is 0 Å². The average molecular weight is 265 g/mol. The number of hydrogen-bond acceptors (Lipinski definition) is 3. The van der Waals surface area contributed by atoms with E-state index in [4.69, 9.17) is 0 Å². The molecule has 1 aliphatic heterocycles. The second-order valence-electron chi connectivity index (χ2n) is 5.36. The molecule has 0 radical (unpaired) electrons. The fourth-order valence-electron chi connectivity index (χ4n) is 2.86. The molecule has 2 rings (SSSR count). The van der Waals surface area contributed by atoms with Crippen LogP contribution in [0.3, 0.4) is 0 Å². The van der Waals surface area contributed by atoms with Crippen LogP contribution in [0.5, 0.6) is 0 Å². The minimum Gasteiger partial charge on any atom is -0.356 e. The van der Waals surface area contributed by atoms with E-state index in [-0.39, 0.29) is 5.82 Å². The van der Waals surface area contributed by atoms with Gasteiger partial charge in [0.05, 0.1) is 6.20 Å². The number of aromatic nitrogens is 1. The Bertz CT molecular complexity index is 408. The van der Waals surface area contributed by atoms with Gasteiger partial charge in [-0.2, -0.15) is 0 Å². The normalized spacial score (nSPS) is 20.4. The lowest BCUT2D eigenvalue weighted by Gasteiger charge is -2.24. The summed E-state index contributed by atoms with van der Waals surface area (Å²) in [5.41, 5.74) is 0.956. The molecular formula is C15H24FN3. The predicted molar refractivity (Wildman–Crippen MR) is 76.8 cm³/mol. The number of rotatable bonds is 4. The third-order valence-electron chi connectivity index (χ3n) is 4.00. The quantitative estimate of drug-likeness (QED) is 0.907. The van der Waals surface area contributed by atoms with Gasteiger partial charge in [0.15, 0.2) is 0 Å². The molecule has 19 heavy (non-hydrogen) atoms. The smallest absolute Gasteiger partial charge is 0.141 e. The maximum atomic E-state index is 13.3. The fraction of sp³-hybridized carbons (Fsp3) is 0.667. The molecule has 1 fully saturated rings. The first-order valence-corrected chi connectivity index (χ1v) is 7.28. The van der Waals surface area contributed by atoms with Gasteiger partial charge in [0, 0.05) is 25.2 Å². The van der Waals surface area contributed by atoms with Crippen LogP contribution in [-0.4, -0.2) is 25.1 Å². The van der Waals surface area contributed by atoms with Crippen molar-refractivity contribution in [1.29, 1.82) is 0 Å². The zero-order valence-corrected chi connectivity index (χ0v) is 12.0. The summed E-state index contributed by atoms with van der Waals surface area (Å²) in [7, 11) is 1.88. The molecule has 2 heterocycles. The van der Waals surface area contributed by atoms with Gasteiger partial charge < -0.3 is 10.2 Å². The van der Waals surface area contributed by atoms with Crippen LogP contribution in [0, 0.1) is 11.7 Å². The third kappa shape index (κ3) is 3.66. The Labute approximate surface area is 115 Å². The topological polar surface area (TPSA) is 28.2 Å². The lowest BCUT2D eigenvalue weighted by Crippen LogP contribution is -2.27. The third-order valence-corrected chi connectivity index (χ3v) is 4.00. The first-order valence-electron chi connectivity index (χ1n) is 7.28. The number of nitrogens with one attached hydrogen (secondary N) is 1. The molecule has 1 unspecified atom stereocenters. The zero-order chi connectivity index (χ0) is 13.7. The van der Waals surface area contributed by atoms with Crippen molar-refractivity contribution in [2.75, 3.05) is 25.0 Å². The van der Waals surface area contributed by atoms with E-state index in [1.165, 1.54) is 31.9 Å². The van der Waals surface area contributed by atoms with E-state index in [0.717, 1.165) is 30.4 Å². The van der Waals surface area contributed by atoms with Crippen LogP contribution in [-0.2, 0) is 6.54 Å². The molecule has 0 amide bonds.